The number of nitrogens with zero attached hydrogens (tertiary/aromatic N) is 1. The van der Waals surface area contributed by atoms with E-state index in [-0.39, 0.29) is 23.2 Å². The monoisotopic (exact) mass is 373 g/mol. The molecule has 0 fully saturated rings. The van der Waals surface area contributed by atoms with E-state index < -0.39 is 4.92 Å². The van der Waals surface area contributed by atoms with Gasteiger partial charge in [0.2, 0.25) is 0 Å². The summed E-state index contributed by atoms with van der Waals surface area (Å²) in [5.41, 5.74) is 1.16. The number of amides is 1. The summed E-state index contributed by atoms with van der Waals surface area (Å²) in [5, 5.41) is 17.2. The van der Waals surface area contributed by atoms with Crippen LogP contribution in [0.5, 0.6) is 11.5 Å². The zero-order valence-electron chi connectivity index (χ0n) is 15.7. The van der Waals surface area contributed by atoms with Crippen LogP contribution < -0.4 is 20.1 Å². The topological polar surface area (TPSA) is 103 Å². The van der Waals surface area contributed by atoms with Gasteiger partial charge in [-0.25, -0.2) is 0 Å². The first-order valence-corrected chi connectivity index (χ1v) is 8.39. The summed E-state index contributed by atoms with van der Waals surface area (Å²) in [5.74, 6) is 0.941. The van der Waals surface area contributed by atoms with Gasteiger partial charge in [-0.1, -0.05) is 0 Å². The number of rotatable bonds is 8. The molecule has 2 aromatic carbocycles. The summed E-state index contributed by atoms with van der Waals surface area (Å²) in [6, 6.07) is 9.62. The maximum atomic E-state index is 12.1. The second-order valence-corrected chi connectivity index (χ2v) is 6.15. The van der Waals surface area contributed by atoms with Crippen molar-refractivity contribution in [3.05, 3.63) is 57.6 Å². The van der Waals surface area contributed by atoms with E-state index in [0.717, 1.165) is 5.56 Å². The van der Waals surface area contributed by atoms with Gasteiger partial charge in [0.15, 0.2) is 0 Å². The molecule has 0 atom stereocenters. The molecule has 8 heteroatoms. The number of nitro groups is 1. The maximum absolute atomic E-state index is 12.1. The van der Waals surface area contributed by atoms with Crippen LogP contribution in [0.15, 0.2) is 36.4 Å². The Balaban J connectivity index is 2.26. The molecule has 8 nitrogen and oxygen atoms in total. The SMILES string of the molecule is COc1ccc(OC)c(CNc2ccc(C(=O)NC(C)C)cc2[N+](=O)[O-])c1. The van der Waals surface area contributed by atoms with Gasteiger partial charge in [0.1, 0.15) is 17.2 Å². The van der Waals surface area contributed by atoms with Gasteiger partial charge in [-0.3, -0.25) is 14.9 Å². The number of anilines is 1. The molecule has 0 aliphatic carbocycles. The van der Waals surface area contributed by atoms with E-state index >= 15 is 0 Å². The lowest BCUT2D eigenvalue weighted by atomic mass is 10.1. The maximum Gasteiger partial charge on any atom is 0.293 e. The molecule has 0 aliphatic heterocycles. The van der Waals surface area contributed by atoms with E-state index in [0.29, 0.717) is 23.7 Å². The minimum Gasteiger partial charge on any atom is -0.497 e. The quantitative estimate of drug-likeness (QED) is 0.543. The molecule has 2 rings (SSSR count). The van der Waals surface area contributed by atoms with Crippen molar-refractivity contribution in [3.63, 3.8) is 0 Å². The summed E-state index contributed by atoms with van der Waals surface area (Å²) in [6.45, 7) is 3.94. The van der Waals surface area contributed by atoms with Crippen LogP contribution in [0.4, 0.5) is 11.4 Å². The van der Waals surface area contributed by atoms with Crippen molar-refractivity contribution < 1.29 is 19.2 Å². The Hall–Kier alpha value is -3.29. The normalized spacial score (nSPS) is 10.4. The third-order valence-electron chi connectivity index (χ3n) is 3.83. The number of carbonyl (C=O) groups is 1. The van der Waals surface area contributed by atoms with Crippen molar-refractivity contribution in [1.82, 2.24) is 5.32 Å². The molecule has 2 N–H and O–H groups in total. The predicted octanol–water partition coefficient (Wildman–Crippen LogP) is 3.36. The largest absolute Gasteiger partial charge is 0.497 e. The van der Waals surface area contributed by atoms with Gasteiger partial charge in [-0.15, -0.1) is 0 Å². The van der Waals surface area contributed by atoms with E-state index in [2.05, 4.69) is 10.6 Å². The van der Waals surface area contributed by atoms with Crippen LogP contribution in [-0.2, 0) is 6.54 Å². The summed E-state index contributed by atoms with van der Waals surface area (Å²) in [4.78, 5) is 23.0. The third kappa shape index (κ3) is 5.10. The van der Waals surface area contributed by atoms with Crippen molar-refractivity contribution in [2.24, 2.45) is 0 Å². The molecule has 0 aromatic heterocycles. The lowest BCUT2D eigenvalue weighted by Gasteiger charge is -2.13. The number of hydrogen-bond acceptors (Lipinski definition) is 6. The number of ether oxygens (including phenoxy) is 2. The summed E-state index contributed by atoms with van der Waals surface area (Å²) >= 11 is 0. The molecule has 0 saturated heterocycles. The molecule has 0 unspecified atom stereocenters. The minimum atomic E-state index is -0.517. The van der Waals surface area contributed by atoms with Crippen molar-refractivity contribution in [1.29, 1.82) is 0 Å². The van der Waals surface area contributed by atoms with Crippen molar-refractivity contribution in [2.75, 3.05) is 19.5 Å². The molecular weight excluding hydrogens is 350 g/mol. The van der Waals surface area contributed by atoms with Gasteiger partial charge >= 0.3 is 0 Å². The molecule has 0 aliphatic rings. The Kier molecular flexibility index (Phi) is 6.59. The van der Waals surface area contributed by atoms with Crippen LogP contribution in [0.2, 0.25) is 0 Å². The Labute approximate surface area is 157 Å². The average Bonchev–Trinajstić information content (AvgIpc) is 2.65. The second kappa shape index (κ2) is 8.88. The standard InChI is InChI=1S/C19H23N3O5/c1-12(2)21-19(23)13-5-7-16(17(10-13)22(24)25)20-11-14-9-15(26-3)6-8-18(14)27-4/h5-10,12,20H,11H2,1-4H3,(H,21,23). The first kappa shape index (κ1) is 20.0. The Morgan fingerprint density at radius 2 is 1.89 bits per heavy atom. The van der Waals surface area contributed by atoms with Gasteiger partial charge in [-0.2, -0.15) is 0 Å². The number of benzene rings is 2. The predicted molar refractivity (Wildman–Crippen MR) is 103 cm³/mol. The number of methoxy groups -OCH3 is 2. The molecule has 144 valence electrons. The number of carbonyl (C=O) groups excluding carboxylic acids is 1. The summed E-state index contributed by atoms with van der Waals surface area (Å²) in [6.07, 6.45) is 0. The van der Waals surface area contributed by atoms with Gasteiger partial charge in [0.25, 0.3) is 11.6 Å². The highest BCUT2D eigenvalue weighted by Gasteiger charge is 2.18. The van der Waals surface area contributed by atoms with E-state index in [4.69, 9.17) is 9.47 Å². The average molecular weight is 373 g/mol. The fourth-order valence-corrected chi connectivity index (χ4v) is 2.53. The number of hydrogen-bond donors (Lipinski definition) is 2. The molecule has 0 radical (unpaired) electrons. The lowest BCUT2D eigenvalue weighted by molar-refractivity contribution is -0.384. The molecule has 0 heterocycles. The fraction of sp³-hybridized carbons (Fsp3) is 0.316. The van der Waals surface area contributed by atoms with Gasteiger partial charge in [-0.05, 0) is 44.2 Å². The number of nitro benzene ring substituents is 1. The molecule has 1 amide bonds. The molecular formula is C19H23N3O5. The Bertz CT molecular complexity index is 836. The Morgan fingerprint density at radius 1 is 1.15 bits per heavy atom. The van der Waals surface area contributed by atoms with Gasteiger partial charge in [0.05, 0.1) is 19.1 Å². The van der Waals surface area contributed by atoms with Crippen LogP contribution >= 0.6 is 0 Å². The van der Waals surface area contributed by atoms with Gasteiger partial charge < -0.3 is 20.1 Å². The highest BCUT2D eigenvalue weighted by atomic mass is 16.6. The lowest BCUT2D eigenvalue weighted by Crippen LogP contribution is -2.30. The van der Waals surface area contributed by atoms with E-state index in [9.17, 15) is 14.9 Å². The highest BCUT2D eigenvalue weighted by Crippen LogP contribution is 2.29. The Morgan fingerprint density at radius 3 is 2.48 bits per heavy atom. The van der Waals surface area contributed by atoms with Gasteiger partial charge in [0, 0.05) is 29.8 Å². The van der Waals surface area contributed by atoms with Crippen LogP contribution in [0.3, 0.4) is 0 Å². The molecule has 27 heavy (non-hydrogen) atoms. The van der Waals surface area contributed by atoms with Crippen LogP contribution in [-0.4, -0.2) is 31.1 Å². The van der Waals surface area contributed by atoms with Crippen LogP contribution in [0.25, 0.3) is 0 Å². The van der Waals surface area contributed by atoms with E-state index in [1.807, 2.05) is 13.8 Å². The van der Waals surface area contributed by atoms with Crippen molar-refractivity contribution >= 4 is 17.3 Å². The summed E-state index contributed by atoms with van der Waals surface area (Å²) < 4.78 is 10.5. The second-order valence-electron chi connectivity index (χ2n) is 6.15. The summed E-state index contributed by atoms with van der Waals surface area (Å²) in [7, 11) is 3.11. The minimum absolute atomic E-state index is 0.0603. The molecule has 0 saturated carbocycles. The molecule has 2 aromatic rings. The zero-order chi connectivity index (χ0) is 20.0. The number of nitrogens with one attached hydrogen (secondary N) is 2. The highest BCUT2D eigenvalue weighted by molar-refractivity contribution is 5.95. The van der Waals surface area contributed by atoms with Crippen LogP contribution in [0, 0.1) is 10.1 Å². The van der Waals surface area contributed by atoms with Crippen molar-refractivity contribution in [2.45, 2.75) is 26.4 Å². The smallest absolute Gasteiger partial charge is 0.293 e. The third-order valence-corrected chi connectivity index (χ3v) is 3.83. The van der Waals surface area contributed by atoms with E-state index in [1.165, 1.54) is 12.1 Å². The molecule has 0 spiro atoms. The first-order valence-electron chi connectivity index (χ1n) is 8.39. The fourth-order valence-electron chi connectivity index (χ4n) is 2.53. The van der Waals surface area contributed by atoms with Crippen molar-refractivity contribution in [3.8, 4) is 11.5 Å². The first-order chi connectivity index (χ1) is 12.8. The molecule has 0 bridgehead atoms. The van der Waals surface area contributed by atoms with E-state index in [1.54, 1.807) is 38.5 Å². The zero-order valence-corrected chi connectivity index (χ0v) is 15.7. The van der Waals surface area contributed by atoms with Crippen LogP contribution in [0.1, 0.15) is 29.8 Å².